The fourth-order valence-corrected chi connectivity index (χ4v) is 1.32. The standard InChI is InChI=1S/C7H10N2O/c1-2-8-3-6(1)7-4-9-5-10-7/h4-6,8H,1-3H2. The van der Waals surface area contributed by atoms with E-state index in [-0.39, 0.29) is 0 Å². The van der Waals surface area contributed by atoms with Crippen LogP contribution in [0.1, 0.15) is 18.1 Å². The van der Waals surface area contributed by atoms with Crippen molar-refractivity contribution in [3.05, 3.63) is 18.4 Å². The smallest absolute Gasteiger partial charge is 0.180 e. The molecule has 3 nitrogen and oxygen atoms in total. The quantitative estimate of drug-likeness (QED) is 0.622. The molecule has 1 N–H and O–H groups in total. The summed E-state index contributed by atoms with van der Waals surface area (Å²) in [6.45, 7) is 2.14. The minimum absolute atomic E-state index is 0.558. The van der Waals surface area contributed by atoms with Gasteiger partial charge in [0.2, 0.25) is 0 Å². The van der Waals surface area contributed by atoms with Crippen molar-refractivity contribution in [3.63, 3.8) is 0 Å². The van der Waals surface area contributed by atoms with Crippen molar-refractivity contribution in [2.24, 2.45) is 0 Å². The lowest BCUT2D eigenvalue weighted by Crippen LogP contribution is -2.07. The largest absolute Gasteiger partial charge is 0.448 e. The molecule has 1 aromatic heterocycles. The number of nitrogens with zero attached hydrogens (tertiary/aromatic N) is 1. The van der Waals surface area contributed by atoms with Crippen LogP contribution in [0.3, 0.4) is 0 Å². The predicted molar refractivity (Wildman–Crippen MR) is 36.7 cm³/mol. The molecule has 0 aliphatic carbocycles. The van der Waals surface area contributed by atoms with Gasteiger partial charge in [0.1, 0.15) is 5.76 Å². The Balaban J connectivity index is 2.12. The molecule has 0 aromatic carbocycles. The van der Waals surface area contributed by atoms with Crippen molar-refractivity contribution >= 4 is 0 Å². The molecule has 54 valence electrons. The third kappa shape index (κ3) is 0.926. The maximum absolute atomic E-state index is 5.17. The van der Waals surface area contributed by atoms with Gasteiger partial charge in [-0.1, -0.05) is 0 Å². The van der Waals surface area contributed by atoms with Crippen LogP contribution in [-0.2, 0) is 0 Å². The van der Waals surface area contributed by atoms with E-state index in [2.05, 4.69) is 10.3 Å². The molecule has 10 heavy (non-hydrogen) atoms. The lowest BCUT2D eigenvalue weighted by atomic mass is 10.1. The first kappa shape index (κ1) is 5.92. The van der Waals surface area contributed by atoms with E-state index < -0.39 is 0 Å². The van der Waals surface area contributed by atoms with E-state index in [0.717, 1.165) is 18.8 Å². The molecule has 0 radical (unpaired) electrons. The minimum atomic E-state index is 0.558. The van der Waals surface area contributed by atoms with Crippen molar-refractivity contribution in [2.75, 3.05) is 13.1 Å². The van der Waals surface area contributed by atoms with Crippen LogP contribution in [0.25, 0.3) is 0 Å². The topological polar surface area (TPSA) is 38.1 Å². The molecule has 1 atom stereocenters. The van der Waals surface area contributed by atoms with Crippen LogP contribution in [0.4, 0.5) is 0 Å². The summed E-state index contributed by atoms with van der Waals surface area (Å²) in [5.41, 5.74) is 0. The van der Waals surface area contributed by atoms with Gasteiger partial charge in [0.05, 0.1) is 6.20 Å². The highest BCUT2D eigenvalue weighted by Gasteiger charge is 2.18. The van der Waals surface area contributed by atoms with E-state index in [1.165, 1.54) is 12.8 Å². The van der Waals surface area contributed by atoms with Gasteiger partial charge >= 0.3 is 0 Å². The molecule has 1 aliphatic rings. The molecule has 1 unspecified atom stereocenters. The SMILES string of the molecule is c1ncc(C2CCNC2)o1. The number of rotatable bonds is 1. The lowest BCUT2D eigenvalue weighted by molar-refractivity contribution is 0.470. The van der Waals surface area contributed by atoms with E-state index in [0.29, 0.717) is 5.92 Å². The molecule has 0 spiro atoms. The number of nitrogens with one attached hydrogen (secondary N) is 1. The van der Waals surface area contributed by atoms with E-state index in [9.17, 15) is 0 Å². The summed E-state index contributed by atoms with van der Waals surface area (Å²) < 4.78 is 5.17. The fraction of sp³-hybridized carbons (Fsp3) is 0.571. The Hall–Kier alpha value is -0.830. The molecule has 3 heteroatoms. The highest BCUT2D eigenvalue weighted by Crippen LogP contribution is 2.20. The molecule has 0 saturated carbocycles. The minimum Gasteiger partial charge on any atom is -0.448 e. The van der Waals surface area contributed by atoms with Gasteiger partial charge in [-0.15, -0.1) is 0 Å². The molecule has 2 heterocycles. The Morgan fingerprint density at radius 2 is 2.70 bits per heavy atom. The van der Waals surface area contributed by atoms with Gasteiger partial charge in [-0.2, -0.15) is 0 Å². The first-order valence-corrected chi connectivity index (χ1v) is 3.56. The second kappa shape index (κ2) is 2.42. The molecule has 1 aliphatic heterocycles. The molecule has 2 rings (SSSR count). The number of hydrogen-bond donors (Lipinski definition) is 1. The Bertz CT molecular complexity index is 189. The van der Waals surface area contributed by atoms with Crippen molar-refractivity contribution < 1.29 is 4.42 Å². The highest BCUT2D eigenvalue weighted by molar-refractivity contribution is 5.02. The van der Waals surface area contributed by atoms with Crippen molar-refractivity contribution in [2.45, 2.75) is 12.3 Å². The van der Waals surface area contributed by atoms with Crippen LogP contribution < -0.4 is 5.32 Å². The zero-order valence-corrected chi connectivity index (χ0v) is 5.71. The summed E-state index contributed by atoms with van der Waals surface area (Å²) in [7, 11) is 0. The normalized spacial score (nSPS) is 25.4. The van der Waals surface area contributed by atoms with E-state index in [1.807, 2.05) is 0 Å². The van der Waals surface area contributed by atoms with Gasteiger partial charge < -0.3 is 9.73 Å². The Kier molecular flexibility index (Phi) is 1.43. The summed E-state index contributed by atoms with van der Waals surface area (Å²) in [5.74, 6) is 1.58. The third-order valence-electron chi connectivity index (χ3n) is 1.91. The predicted octanol–water partition coefficient (Wildman–Crippen LogP) is 0.752. The first-order valence-electron chi connectivity index (χ1n) is 3.56. The monoisotopic (exact) mass is 138 g/mol. The van der Waals surface area contributed by atoms with Crippen LogP contribution >= 0.6 is 0 Å². The zero-order chi connectivity index (χ0) is 6.81. The molecule has 1 aromatic rings. The Morgan fingerprint density at radius 1 is 1.70 bits per heavy atom. The van der Waals surface area contributed by atoms with E-state index in [4.69, 9.17) is 4.42 Å². The Labute approximate surface area is 59.4 Å². The average Bonchev–Trinajstić information content (AvgIpc) is 2.59. The van der Waals surface area contributed by atoms with Gasteiger partial charge in [-0.3, -0.25) is 0 Å². The van der Waals surface area contributed by atoms with Crippen molar-refractivity contribution in [1.82, 2.24) is 10.3 Å². The second-order valence-corrected chi connectivity index (χ2v) is 2.59. The van der Waals surface area contributed by atoms with Gasteiger partial charge in [0, 0.05) is 12.5 Å². The molecule has 0 amide bonds. The van der Waals surface area contributed by atoms with Crippen LogP contribution in [0.5, 0.6) is 0 Å². The average molecular weight is 138 g/mol. The summed E-state index contributed by atoms with van der Waals surface area (Å²) >= 11 is 0. The Morgan fingerprint density at radius 3 is 3.30 bits per heavy atom. The summed E-state index contributed by atoms with van der Waals surface area (Å²) in [6, 6.07) is 0. The first-order chi connectivity index (χ1) is 4.97. The number of oxazole rings is 1. The van der Waals surface area contributed by atoms with Gasteiger partial charge in [-0.05, 0) is 13.0 Å². The maximum Gasteiger partial charge on any atom is 0.180 e. The van der Waals surface area contributed by atoms with Crippen LogP contribution in [0.2, 0.25) is 0 Å². The van der Waals surface area contributed by atoms with Gasteiger partial charge in [0.25, 0.3) is 0 Å². The summed E-state index contributed by atoms with van der Waals surface area (Å²) in [6.07, 6.45) is 4.47. The van der Waals surface area contributed by atoms with Gasteiger partial charge in [0.15, 0.2) is 6.39 Å². The number of aromatic nitrogens is 1. The third-order valence-corrected chi connectivity index (χ3v) is 1.91. The van der Waals surface area contributed by atoms with E-state index in [1.54, 1.807) is 6.20 Å². The maximum atomic E-state index is 5.17. The molecule has 1 fully saturated rings. The molecule has 0 bridgehead atoms. The molecular weight excluding hydrogens is 128 g/mol. The summed E-state index contributed by atoms with van der Waals surface area (Å²) in [5, 5.41) is 3.27. The zero-order valence-electron chi connectivity index (χ0n) is 5.71. The summed E-state index contributed by atoms with van der Waals surface area (Å²) in [4.78, 5) is 3.87. The van der Waals surface area contributed by atoms with Crippen LogP contribution in [-0.4, -0.2) is 18.1 Å². The molecular formula is C7H10N2O. The van der Waals surface area contributed by atoms with Crippen LogP contribution in [0.15, 0.2) is 17.0 Å². The van der Waals surface area contributed by atoms with Crippen LogP contribution in [0, 0.1) is 0 Å². The van der Waals surface area contributed by atoms with Gasteiger partial charge in [-0.25, -0.2) is 4.98 Å². The number of hydrogen-bond acceptors (Lipinski definition) is 3. The molecule has 1 saturated heterocycles. The lowest BCUT2D eigenvalue weighted by Gasteiger charge is -2.00. The second-order valence-electron chi connectivity index (χ2n) is 2.59. The highest BCUT2D eigenvalue weighted by atomic mass is 16.3. The fourth-order valence-electron chi connectivity index (χ4n) is 1.32. The van der Waals surface area contributed by atoms with Crippen molar-refractivity contribution in [3.8, 4) is 0 Å². The van der Waals surface area contributed by atoms with E-state index >= 15 is 0 Å². The van der Waals surface area contributed by atoms with Crippen molar-refractivity contribution in [1.29, 1.82) is 0 Å².